The maximum Gasteiger partial charge on any atom is 0.237 e. The number of nitrogens with one attached hydrogen (secondary N) is 3. The zero-order chi connectivity index (χ0) is 9.80. The van der Waals surface area contributed by atoms with Crippen molar-refractivity contribution in [2.75, 3.05) is 19.6 Å². The number of carbonyl (C=O) groups excluding carboxylic acids is 1. The highest BCUT2D eigenvalue weighted by atomic mass is 16.2. The number of hydrogen-bond acceptors (Lipinski definition) is 3. The van der Waals surface area contributed by atoms with E-state index < -0.39 is 0 Å². The van der Waals surface area contributed by atoms with Crippen LogP contribution in [0.15, 0.2) is 0 Å². The van der Waals surface area contributed by atoms with Gasteiger partial charge in [0.25, 0.3) is 0 Å². The standard InChI is InChI=1S/C10H19N3O/c14-10-9(2-1-5-12-10)13-8-3-6-11-7-4-8/h8-9,11,13H,1-7H2,(H,12,14). The highest BCUT2D eigenvalue weighted by Crippen LogP contribution is 2.08. The molecule has 2 aliphatic heterocycles. The topological polar surface area (TPSA) is 53.2 Å². The Morgan fingerprint density at radius 2 is 1.93 bits per heavy atom. The normalized spacial score (nSPS) is 30.0. The second-order valence-corrected chi connectivity index (χ2v) is 4.18. The van der Waals surface area contributed by atoms with Crippen LogP contribution in [0.2, 0.25) is 0 Å². The van der Waals surface area contributed by atoms with Gasteiger partial charge in [-0.1, -0.05) is 0 Å². The van der Waals surface area contributed by atoms with Gasteiger partial charge in [-0.3, -0.25) is 4.79 Å². The van der Waals surface area contributed by atoms with Crippen molar-refractivity contribution >= 4 is 5.91 Å². The number of carbonyl (C=O) groups is 1. The third kappa shape index (κ3) is 2.45. The average molecular weight is 197 g/mol. The van der Waals surface area contributed by atoms with Crippen molar-refractivity contribution in [3.05, 3.63) is 0 Å². The summed E-state index contributed by atoms with van der Waals surface area (Å²) in [6, 6.07) is 0.594. The second kappa shape index (κ2) is 4.75. The van der Waals surface area contributed by atoms with Crippen LogP contribution in [0.3, 0.4) is 0 Å². The lowest BCUT2D eigenvalue weighted by molar-refractivity contribution is -0.124. The summed E-state index contributed by atoms with van der Waals surface area (Å²) < 4.78 is 0. The van der Waals surface area contributed by atoms with Crippen LogP contribution < -0.4 is 16.0 Å². The summed E-state index contributed by atoms with van der Waals surface area (Å²) in [6.45, 7) is 3.00. The van der Waals surface area contributed by atoms with Crippen LogP contribution in [0.25, 0.3) is 0 Å². The first-order valence-electron chi connectivity index (χ1n) is 5.61. The second-order valence-electron chi connectivity index (χ2n) is 4.18. The van der Waals surface area contributed by atoms with Gasteiger partial charge in [0, 0.05) is 12.6 Å². The monoisotopic (exact) mass is 197 g/mol. The summed E-state index contributed by atoms with van der Waals surface area (Å²) in [5.41, 5.74) is 0. The van der Waals surface area contributed by atoms with Gasteiger partial charge in [0.15, 0.2) is 0 Å². The third-order valence-electron chi connectivity index (χ3n) is 3.06. The van der Waals surface area contributed by atoms with E-state index in [1.807, 2.05) is 0 Å². The number of amides is 1. The first-order valence-corrected chi connectivity index (χ1v) is 5.61. The van der Waals surface area contributed by atoms with E-state index in [9.17, 15) is 4.79 Å². The molecule has 0 aliphatic carbocycles. The summed E-state index contributed by atoms with van der Waals surface area (Å²) in [5.74, 6) is 0.190. The SMILES string of the molecule is O=C1NCCCC1NC1CCNCC1. The average Bonchev–Trinajstić information content (AvgIpc) is 2.23. The summed E-state index contributed by atoms with van der Waals surface area (Å²) in [5, 5.41) is 9.68. The van der Waals surface area contributed by atoms with Gasteiger partial charge in [0.2, 0.25) is 5.91 Å². The van der Waals surface area contributed by atoms with Crippen LogP contribution in [-0.2, 0) is 4.79 Å². The fourth-order valence-electron chi connectivity index (χ4n) is 2.20. The molecule has 2 aliphatic rings. The van der Waals surface area contributed by atoms with Gasteiger partial charge in [-0.15, -0.1) is 0 Å². The van der Waals surface area contributed by atoms with E-state index >= 15 is 0 Å². The molecule has 0 spiro atoms. The van der Waals surface area contributed by atoms with Crippen molar-refractivity contribution in [3.8, 4) is 0 Å². The molecule has 2 heterocycles. The zero-order valence-corrected chi connectivity index (χ0v) is 8.51. The smallest absolute Gasteiger partial charge is 0.237 e. The molecule has 0 bridgehead atoms. The first kappa shape index (κ1) is 9.93. The molecule has 2 saturated heterocycles. The van der Waals surface area contributed by atoms with E-state index in [0.717, 1.165) is 45.3 Å². The highest BCUT2D eigenvalue weighted by molar-refractivity contribution is 5.82. The molecule has 1 unspecified atom stereocenters. The summed E-state index contributed by atoms with van der Waals surface area (Å²) in [7, 11) is 0. The van der Waals surface area contributed by atoms with Crippen LogP contribution in [0.4, 0.5) is 0 Å². The molecule has 0 saturated carbocycles. The van der Waals surface area contributed by atoms with Crippen LogP contribution in [0.5, 0.6) is 0 Å². The van der Waals surface area contributed by atoms with Gasteiger partial charge in [-0.2, -0.15) is 0 Å². The maximum atomic E-state index is 11.5. The molecule has 14 heavy (non-hydrogen) atoms. The molecule has 0 aromatic rings. The van der Waals surface area contributed by atoms with Crippen molar-refractivity contribution in [1.82, 2.24) is 16.0 Å². The third-order valence-corrected chi connectivity index (χ3v) is 3.06. The first-order chi connectivity index (χ1) is 6.86. The van der Waals surface area contributed by atoms with Gasteiger partial charge >= 0.3 is 0 Å². The van der Waals surface area contributed by atoms with Crippen LogP contribution in [0.1, 0.15) is 25.7 Å². The lowest BCUT2D eigenvalue weighted by atomic mass is 10.0. The molecule has 2 fully saturated rings. The maximum absolute atomic E-state index is 11.5. The Morgan fingerprint density at radius 1 is 1.14 bits per heavy atom. The molecule has 4 heteroatoms. The molecule has 3 N–H and O–H groups in total. The Kier molecular flexibility index (Phi) is 3.37. The molecule has 0 aromatic heterocycles. The molecule has 2 rings (SSSR count). The predicted octanol–water partition coefficient (Wildman–Crippen LogP) is -0.393. The van der Waals surface area contributed by atoms with Crippen LogP contribution >= 0.6 is 0 Å². The molecule has 1 amide bonds. The fraction of sp³-hybridized carbons (Fsp3) is 0.900. The van der Waals surface area contributed by atoms with Crippen LogP contribution in [-0.4, -0.2) is 37.6 Å². The minimum Gasteiger partial charge on any atom is -0.355 e. The van der Waals surface area contributed by atoms with Gasteiger partial charge in [0.1, 0.15) is 0 Å². The van der Waals surface area contributed by atoms with Crippen molar-refractivity contribution in [3.63, 3.8) is 0 Å². The largest absolute Gasteiger partial charge is 0.355 e. The molecule has 80 valence electrons. The fourth-order valence-corrected chi connectivity index (χ4v) is 2.20. The number of hydrogen-bond donors (Lipinski definition) is 3. The van der Waals surface area contributed by atoms with Crippen molar-refractivity contribution in [1.29, 1.82) is 0 Å². The number of rotatable bonds is 2. The summed E-state index contributed by atoms with van der Waals surface area (Å²) in [4.78, 5) is 11.5. The van der Waals surface area contributed by atoms with E-state index in [0.29, 0.717) is 6.04 Å². The van der Waals surface area contributed by atoms with Gasteiger partial charge < -0.3 is 16.0 Å². The lowest BCUT2D eigenvalue weighted by Gasteiger charge is -2.30. The zero-order valence-electron chi connectivity index (χ0n) is 8.51. The Balaban J connectivity index is 1.79. The lowest BCUT2D eigenvalue weighted by Crippen LogP contribution is -2.53. The minimum absolute atomic E-state index is 0.0619. The van der Waals surface area contributed by atoms with Crippen molar-refractivity contribution < 1.29 is 4.79 Å². The Bertz CT molecular complexity index is 202. The molecular weight excluding hydrogens is 178 g/mol. The quantitative estimate of drug-likeness (QED) is 0.565. The van der Waals surface area contributed by atoms with Crippen LogP contribution in [0, 0.1) is 0 Å². The molecule has 0 aromatic carbocycles. The predicted molar refractivity (Wildman–Crippen MR) is 55.1 cm³/mol. The molecule has 4 nitrogen and oxygen atoms in total. The summed E-state index contributed by atoms with van der Waals surface area (Å²) in [6.07, 6.45) is 4.39. The van der Waals surface area contributed by atoms with E-state index in [1.54, 1.807) is 0 Å². The van der Waals surface area contributed by atoms with E-state index in [-0.39, 0.29) is 11.9 Å². The number of piperidine rings is 2. The van der Waals surface area contributed by atoms with Gasteiger partial charge in [-0.05, 0) is 38.8 Å². The summed E-state index contributed by atoms with van der Waals surface area (Å²) >= 11 is 0. The van der Waals surface area contributed by atoms with E-state index in [4.69, 9.17) is 0 Å². The highest BCUT2D eigenvalue weighted by Gasteiger charge is 2.24. The molecule has 1 atom stereocenters. The Labute approximate surface area is 84.8 Å². The molecule has 0 radical (unpaired) electrons. The minimum atomic E-state index is 0.0619. The van der Waals surface area contributed by atoms with Crippen molar-refractivity contribution in [2.45, 2.75) is 37.8 Å². The Hall–Kier alpha value is -0.610. The molecular formula is C10H19N3O. The Morgan fingerprint density at radius 3 is 2.64 bits per heavy atom. The van der Waals surface area contributed by atoms with Gasteiger partial charge in [-0.25, -0.2) is 0 Å². The van der Waals surface area contributed by atoms with E-state index in [1.165, 1.54) is 0 Å². The van der Waals surface area contributed by atoms with Crippen molar-refractivity contribution in [2.24, 2.45) is 0 Å². The van der Waals surface area contributed by atoms with E-state index in [2.05, 4.69) is 16.0 Å². The van der Waals surface area contributed by atoms with Gasteiger partial charge in [0.05, 0.1) is 6.04 Å².